The van der Waals surface area contributed by atoms with E-state index in [0.717, 1.165) is 17.0 Å². The van der Waals surface area contributed by atoms with E-state index in [4.69, 9.17) is 9.15 Å². The van der Waals surface area contributed by atoms with Crippen LogP contribution in [-0.2, 0) is 11.3 Å². The minimum Gasteiger partial charge on any atom is -0.467 e. The van der Waals surface area contributed by atoms with Crippen molar-refractivity contribution in [2.24, 2.45) is 0 Å². The number of hydrogen-bond donors (Lipinski definition) is 1. The Bertz CT molecular complexity index is 451. The van der Waals surface area contributed by atoms with Gasteiger partial charge in [0.1, 0.15) is 5.76 Å². The van der Waals surface area contributed by atoms with Crippen LogP contribution in [0.3, 0.4) is 0 Å². The van der Waals surface area contributed by atoms with Gasteiger partial charge in [0.05, 0.1) is 18.9 Å². The Morgan fingerprint density at radius 3 is 2.88 bits per heavy atom. The number of furan rings is 1. The van der Waals surface area contributed by atoms with E-state index in [-0.39, 0.29) is 6.04 Å². The maximum absolute atomic E-state index is 5.36. The van der Waals surface area contributed by atoms with E-state index in [1.54, 1.807) is 13.4 Å². The van der Waals surface area contributed by atoms with Crippen molar-refractivity contribution in [2.75, 3.05) is 12.4 Å². The molecule has 1 N–H and O–H groups in total. The minimum atomic E-state index is 0.155. The van der Waals surface area contributed by atoms with Crippen molar-refractivity contribution in [3.63, 3.8) is 0 Å². The fraction of sp³-hybridized carbons (Fsp3) is 0.286. The molecule has 1 aromatic carbocycles. The van der Waals surface area contributed by atoms with Crippen LogP contribution in [0.25, 0.3) is 0 Å². The summed E-state index contributed by atoms with van der Waals surface area (Å²) < 4.78 is 10.5. The Balaban J connectivity index is 2.05. The molecule has 1 aromatic heterocycles. The van der Waals surface area contributed by atoms with Crippen LogP contribution >= 0.6 is 0 Å². The zero-order chi connectivity index (χ0) is 12.1. The monoisotopic (exact) mass is 231 g/mol. The van der Waals surface area contributed by atoms with Crippen LogP contribution in [0, 0.1) is 0 Å². The number of rotatable bonds is 5. The largest absolute Gasteiger partial charge is 0.467 e. The van der Waals surface area contributed by atoms with Gasteiger partial charge >= 0.3 is 0 Å². The molecule has 1 atom stereocenters. The third kappa shape index (κ3) is 3.11. The molecule has 3 nitrogen and oxygen atoms in total. The molecule has 0 spiro atoms. The molecule has 3 heteroatoms. The molecule has 2 rings (SSSR count). The maximum Gasteiger partial charge on any atom is 0.125 e. The van der Waals surface area contributed by atoms with E-state index < -0.39 is 0 Å². The number of benzene rings is 1. The van der Waals surface area contributed by atoms with Crippen molar-refractivity contribution in [3.05, 3.63) is 54.0 Å². The molecule has 0 aliphatic carbocycles. The van der Waals surface area contributed by atoms with Gasteiger partial charge in [0.15, 0.2) is 0 Å². The normalized spacial score (nSPS) is 12.4. The first kappa shape index (κ1) is 11.7. The molecule has 0 aliphatic rings. The summed E-state index contributed by atoms with van der Waals surface area (Å²) in [7, 11) is 1.70. The summed E-state index contributed by atoms with van der Waals surface area (Å²) in [5.41, 5.74) is 2.23. The zero-order valence-electron chi connectivity index (χ0n) is 10.1. The lowest BCUT2D eigenvalue weighted by molar-refractivity contribution is 0.185. The first-order valence-corrected chi connectivity index (χ1v) is 5.67. The van der Waals surface area contributed by atoms with Gasteiger partial charge in [0, 0.05) is 12.8 Å². The fourth-order valence-electron chi connectivity index (χ4n) is 1.78. The van der Waals surface area contributed by atoms with Crippen LogP contribution in [0.4, 0.5) is 5.69 Å². The van der Waals surface area contributed by atoms with E-state index in [1.165, 1.54) is 0 Å². The summed E-state index contributed by atoms with van der Waals surface area (Å²) in [5, 5.41) is 3.39. The van der Waals surface area contributed by atoms with Crippen LogP contribution in [0.5, 0.6) is 0 Å². The van der Waals surface area contributed by atoms with Gasteiger partial charge in [-0.15, -0.1) is 0 Å². The van der Waals surface area contributed by atoms with Crippen molar-refractivity contribution in [1.82, 2.24) is 0 Å². The highest BCUT2D eigenvalue weighted by atomic mass is 16.5. The van der Waals surface area contributed by atoms with E-state index in [2.05, 4.69) is 18.3 Å². The average molecular weight is 231 g/mol. The molecule has 0 saturated heterocycles. The van der Waals surface area contributed by atoms with Gasteiger partial charge in [0.2, 0.25) is 0 Å². The fourth-order valence-corrected chi connectivity index (χ4v) is 1.78. The topological polar surface area (TPSA) is 34.4 Å². The molecule has 17 heavy (non-hydrogen) atoms. The first-order chi connectivity index (χ1) is 8.29. The molecule has 0 fully saturated rings. The molecule has 1 heterocycles. The third-order valence-electron chi connectivity index (χ3n) is 2.59. The Morgan fingerprint density at radius 1 is 1.29 bits per heavy atom. The van der Waals surface area contributed by atoms with Crippen molar-refractivity contribution in [1.29, 1.82) is 0 Å². The Labute approximate surface area is 101 Å². The highest BCUT2D eigenvalue weighted by Crippen LogP contribution is 2.20. The van der Waals surface area contributed by atoms with Crippen molar-refractivity contribution >= 4 is 5.69 Å². The first-order valence-electron chi connectivity index (χ1n) is 5.67. The summed E-state index contributed by atoms with van der Waals surface area (Å²) in [5.74, 6) is 0.933. The predicted octanol–water partition coefficient (Wildman–Crippen LogP) is 3.60. The SMILES string of the molecule is COCc1cccc(NC(C)c2ccco2)c1. The third-order valence-corrected chi connectivity index (χ3v) is 2.59. The summed E-state index contributed by atoms with van der Waals surface area (Å²) in [6.45, 7) is 2.70. The number of methoxy groups -OCH3 is 1. The van der Waals surface area contributed by atoms with Crippen LogP contribution in [0.2, 0.25) is 0 Å². The van der Waals surface area contributed by atoms with Crippen LogP contribution < -0.4 is 5.32 Å². The van der Waals surface area contributed by atoms with Gasteiger partial charge in [0.25, 0.3) is 0 Å². The second-order valence-electron chi connectivity index (χ2n) is 4.01. The minimum absolute atomic E-state index is 0.155. The van der Waals surface area contributed by atoms with Crippen LogP contribution in [0.1, 0.15) is 24.3 Å². The van der Waals surface area contributed by atoms with Crippen LogP contribution in [0.15, 0.2) is 47.1 Å². The van der Waals surface area contributed by atoms with E-state index in [1.807, 2.05) is 30.3 Å². The molecule has 1 unspecified atom stereocenters. The zero-order valence-corrected chi connectivity index (χ0v) is 10.1. The van der Waals surface area contributed by atoms with Gasteiger partial charge in [-0.25, -0.2) is 0 Å². The molecule has 0 amide bonds. The van der Waals surface area contributed by atoms with Crippen LogP contribution in [-0.4, -0.2) is 7.11 Å². The highest BCUT2D eigenvalue weighted by Gasteiger charge is 2.07. The molecular weight excluding hydrogens is 214 g/mol. The lowest BCUT2D eigenvalue weighted by Crippen LogP contribution is -2.05. The Morgan fingerprint density at radius 2 is 2.18 bits per heavy atom. The lowest BCUT2D eigenvalue weighted by Gasteiger charge is -2.13. The summed E-state index contributed by atoms with van der Waals surface area (Å²) in [6.07, 6.45) is 1.69. The van der Waals surface area contributed by atoms with E-state index in [0.29, 0.717) is 6.61 Å². The smallest absolute Gasteiger partial charge is 0.125 e. The molecule has 0 aliphatic heterocycles. The van der Waals surface area contributed by atoms with E-state index >= 15 is 0 Å². The molecule has 0 saturated carbocycles. The summed E-state index contributed by atoms with van der Waals surface area (Å²) in [4.78, 5) is 0. The van der Waals surface area contributed by atoms with Gasteiger partial charge < -0.3 is 14.5 Å². The van der Waals surface area contributed by atoms with Crippen molar-refractivity contribution < 1.29 is 9.15 Å². The standard InChI is InChI=1S/C14H17NO2/c1-11(14-7-4-8-17-14)15-13-6-3-5-12(9-13)10-16-2/h3-9,11,15H,10H2,1-2H3. The second-order valence-corrected chi connectivity index (χ2v) is 4.01. The average Bonchev–Trinajstić information content (AvgIpc) is 2.83. The van der Waals surface area contributed by atoms with Gasteiger partial charge in [-0.2, -0.15) is 0 Å². The van der Waals surface area contributed by atoms with Crippen molar-refractivity contribution in [3.8, 4) is 0 Å². The maximum atomic E-state index is 5.36. The number of hydrogen-bond acceptors (Lipinski definition) is 3. The lowest BCUT2D eigenvalue weighted by atomic mass is 10.2. The highest BCUT2D eigenvalue weighted by molar-refractivity contribution is 5.46. The van der Waals surface area contributed by atoms with E-state index in [9.17, 15) is 0 Å². The quantitative estimate of drug-likeness (QED) is 0.853. The number of nitrogens with one attached hydrogen (secondary N) is 1. The summed E-state index contributed by atoms with van der Waals surface area (Å²) >= 11 is 0. The summed E-state index contributed by atoms with van der Waals surface area (Å²) in [6, 6.07) is 12.2. The molecule has 0 bridgehead atoms. The number of anilines is 1. The molecule has 90 valence electrons. The Kier molecular flexibility index (Phi) is 3.83. The predicted molar refractivity (Wildman–Crippen MR) is 67.9 cm³/mol. The van der Waals surface area contributed by atoms with Gasteiger partial charge in [-0.05, 0) is 36.8 Å². The molecule has 0 radical (unpaired) electrons. The van der Waals surface area contributed by atoms with Gasteiger partial charge in [-0.1, -0.05) is 12.1 Å². The second kappa shape index (κ2) is 5.55. The number of ether oxygens (including phenoxy) is 1. The van der Waals surface area contributed by atoms with Gasteiger partial charge in [-0.3, -0.25) is 0 Å². The molecular formula is C14H17NO2. The molecule has 2 aromatic rings. The van der Waals surface area contributed by atoms with Crippen molar-refractivity contribution in [2.45, 2.75) is 19.6 Å². The Hall–Kier alpha value is -1.74.